The molecule has 2 aromatic rings. The third-order valence-electron chi connectivity index (χ3n) is 5.57. The Kier molecular flexibility index (Phi) is 7.27. The zero-order valence-electron chi connectivity index (χ0n) is 20.5. The first-order valence-electron chi connectivity index (χ1n) is 11.1. The Labute approximate surface area is 215 Å². The molecule has 1 aromatic heterocycles. The molecular weight excluding hydrogens is 500 g/mol. The number of methoxy groups -OCH3 is 1. The van der Waals surface area contributed by atoms with E-state index in [-0.39, 0.29) is 24.1 Å². The number of nitrogens with one attached hydrogen (secondary N) is 2. The van der Waals surface area contributed by atoms with Crippen molar-refractivity contribution in [3.8, 4) is 5.75 Å². The Bertz CT molecular complexity index is 1420. The molecule has 0 aliphatic carbocycles. The first-order chi connectivity index (χ1) is 18.2. The zero-order chi connectivity index (χ0) is 27.4. The van der Waals surface area contributed by atoms with Gasteiger partial charge in [-0.3, -0.25) is 29.5 Å². The summed E-state index contributed by atoms with van der Waals surface area (Å²) >= 11 is 0. The Morgan fingerprint density at radius 1 is 1.29 bits per heavy atom. The van der Waals surface area contributed by atoms with E-state index >= 15 is 0 Å². The van der Waals surface area contributed by atoms with Gasteiger partial charge in [-0.15, -0.1) is 0 Å². The number of benzene rings is 1. The number of nitro groups is 1. The second-order valence-corrected chi connectivity index (χ2v) is 8.03. The number of furan rings is 1. The topological polar surface area (TPSA) is 175 Å². The minimum atomic E-state index is -1.01. The molecule has 4 amide bonds. The van der Waals surface area contributed by atoms with Crippen molar-refractivity contribution in [1.82, 2.24) is 15.2 Å². The lowest BCUT2D eigenvalue weighted by atomic mass is 10.1. The number of rotatable bonds is 8. The van der Waals surface area contributed by atoms with Gasteiger partial charge in [0.25, 0.3) is 11.8 Å². The lowest BCUT2D eigenvalue weighted by Gasteiger charge is -2.31. The third-order valence-corrected chi connectivity index (χ3v) is 5.57. The molecule has 1 fully saturated rings. The van der Waals surface area contributed by atoms with Gasteiger partial charge in [0.2, 0.25) is 11.9 Å². The van der Waals surface area contributed by atoms with E-state index in [1.807, 2.05) is 0 Å². The maximum atomic E-state index is 13.0. The molecule has 0 radical (unpaired) electrons. The van der Waals surface area contributed by atoms with Crippen LogP contribution in [0.15, 0.2) is 57.0 Å². The van der Waals surface area contributed by atoms with Crippen molar-refractivity contribution in [1.29, 1.82) is 0 Å². The van der Waals surface area contributed by atoms with Gasteiger partial charge >= 0.3 is 17.9 Å². The molecule has 0 saturated carbocycles. The highest BCUT2D eigenvalue weighted by atomic mass is 16.6. The van der Waals surface area contributed by atoms with Crippen LogP contribution in [-0.2, 0) is 9.59 Å². The van der Waals surface area contributed by atoms with E-state index in [1.54, 1.807) is 24.3 Å². The summed E-state index contributed by atoms with van der Waals surface area (Å²) in [5, 5.41) is 17.6. The highest BCUT2D eigenvalue weighted by molar-refractivity contribution is 6.23. The molecule has 0 bridgehead atoms. The van der Waals surface area contributed by atoms with Crippen molar-refractivity contribution in [3.05, 3.63) is 58.3 Å². The highest BCUT2D eigenvalue weighted by Crippen LogP contribution is 2.22. The minimum Gasteiger partial charge on any atom is -0.497 e. The molecule has 4 rings (SSSR count). The molecule has 2 aliphatic rings. The van der Waals surface area contributed by atoms with Gasteiger partial charge in [-0.1, -0.05) is 11.1 Å². The fourth-order valence-electron chi connectivity index (χ4n) is 3.70. The molecule has 38 heavy (non-hydrogen) atoms. The number of carbonyl (C=O) groups is 3. The smallest absolute Gasteiger partial charge is 0.433 e. The highest BCUT2D eigenvalue weighted by Gasteiger charge is 2.51. The SMILES string of the molecule is COc1cccc(NC2=[N+](CC(=O)N/N=C/C=C/c3ccc([N+](=O)[O-])o3)C3C(=O)N(C)C(=O)N(C)C3=N2)c1. The van der Waals surface area contributed by atoms with Crippen LogP contribution in [0.3, 0.4) is 0 Å². The summed E-state index contributed by atoms with van der Waals surface area (Å²) in [6, 6.07) is 8.04. The largest absolute Gasteiger partial charge is 0.497 e. The van der Waals surface area contributed by atoms with Gasteiger partial charge in [-0.2, -0.15) is 5.10 Å². The lowest BCUT2D eigenvalue weighted by molar-refractivity contribution is -0.524. The summed E-state index contributed by atoms with van der Waals surface area (Å²) < 4.78 is 11.7. The van der Waals surface area contributed by atoms with E-state index in [4.69, 9.17) is 9.15 Å². The zero-order valence-corrected chi connectivity index (χ0v) is 20.5. The van der Waals surface area contributed by atoms with Gasteiger partial charge in [0.15, 0.2) is 0 Å². The minimum absolute atomic E-state index is 0.176. The van der Waals surface area contributed by atoms with Crippen LogP contribution in [0.1, 0.15) is 5.76 Å². The Hall–Kier alpha value is -5.34. The maximum absolute atomic E-state index is 13.0. The standard InChI is InChI=1S/C23H22N8O7/c1-28-20-19(21(33)29(2)23(28)34)30(22(26-20)25-14-6-4-7-16(12-14)37-3)13-17(32)27-24-11-5-8-15-9-10-18(38-15)31(35)36/h4-12,19H,13H2,1-3H3,(H,27,32)/p+1/b8-5+,24-11+. The monoisotopic (exact) mass is 523 g/mol. The Morgan fingerprint density at radius 3 is 2.79 bits per heavy atom. The molecule has 2 N–H and O–H groups in total. The number of hydrogen-bond donors (Lipinski definition) is 2. The van der Waals surface area contributed by atoms with Gasteiger partial charge in [-0.25, -0.2) is 20.1 Å². The number of aliphatic imine (C=N–C) groups is 1. The molecule has 15 nitrogen and oxygen atoms in total. The van der Waals surface area contributed by atoms with Gasteiger partial charge < -0.3 is 9.15 Å². The summed E-state index contributed by atoms with van der Waals surface area (Å²) in [6.07, 6.45) is 4.10. The van der Waals surface area contributed by atoms with Crippen molar-refractivity contribution < 1.29 is 33.0 Å². The van der Waals surface area contributed by atoms with Gasteiger partial charge in [0.1, 0.15) is 28.7 Å². The molecule has 1 aromatic carbocycles. The number of guanidine groups is 1. The summed E-state index contributed by atoms with van der Waals surface area (Å²) in [7, 11) is 4.37. The average molecular weight is 523 g/mol. The Morgan fingerprint density at radius 2 is 2.08 bits per heavy atom. The first kappa shape index (κ1) is 25.7. The van der Waals surface area contributed by atoms with Crippen LogP contribution in [0.25, 0.3) is 6.08 Å². The molecule has 15 heteroatoms. The third kappa shape index (κ3) is 5.25. The number of fused-ring (bicyclic) bond motifs is 1. The molecule has 3 heterocycles. The van der Waals surface area contributed by atoms with Crippen molar-refractivity contribution in [2.24, 2.45) is 10.1 Å². The number of amides is 4. The lowest BCUT2D eigenvalue weighted by Crippen LogP contribution is -2.62. The normalized spacial score (nSPS) is 17.3. The molecule has 1 unspecified atom stereocenters. The number of urea groups is 1. The summed E-state index contributed by atoms with van der Waals surface area (Å²) in [4.78, 5) is 54.8. The number of amidine groups is 1. The van der Waals surface area contributed by atoms with Crippen LogP contribution in [-0.4, -0.2) is 88.9 Å². The predicted octanol–water partition coefficient (Wildman–Crippen LogP) is 1.10. The van der Waals surface area contributed by atoms with Crippen molar-refractivity contribution >= 4 is 53.5 Å². The number of carbonyl (C=O) groups excluding carboxylic acids is 3. The number of likely N-dealkylation sites (N-methyl/N-ethyl adjacent to an activating group) is 2. The van der Waals surface area contributed by atoms with E-state index in [1.165, 1.54) is 61.2 Å². The van der Waals surface area contributed by atoms with Crippen molar-refractivity contribution in [2.45, 2.75) is 6.04 Å². The van der Waals surface area contributed by atoms with Crippen LogP contribution in [0.5, 0.6) is 5.75 Å². The van der Waals surface area contributed by atoms with E-state index in [9.17, 15) is 24.5 Å². The quantitative estimate of drug-likeness (QED) is 0.224. The average Bonchev–Trinajstić information content (AvgIpc) is 3.51. The molecule has 196 valence electrons. The van der Waals surface area contributed by atoms with Crippen molar-refractivity contribution in [3.63, 3.8) is 0 Å². The second kappa shape index (κ2) is 10.7. The van der Waals surface area contributed by atoms with Gasteiger partial charge in [-0.05, 0) is 30.4 Å². The van der Waals surface area contributed by atoms with E-state index in [2.05, 4.69) is 20.8 Å². The Balaban J connectivity index is 1.51. The second-order valence-electron chi connectivity index (χ2n) is 8.03. The van der Waals surface area contributed by atoms with Gasteiger partial charge in [0, 0.05) is 26.4 Å². The molecule has 2 aliphatic heterocycles. The molecule has 0 spiro atoms. The van der Waals surface area contributed by atoms with E-state index < -0.39 is 34.7 Å². The van der Waals surface area contributed by atoms with Gasteiger partial charge in [0.05, 0.1) is 13.2 Å². The fourth-order valence-corrected chi connectivity index (χ4v) is 3.70. The van der Waals surface area contributed by atoms with Crippen LogP contribution < -0.4 is 15.5 Å². The summed E-state index contributed by atoms with van der Waals surface area (Å²) in [6.45, 7) is -0.322. The summed E-state index contributed by atoms with van der Waals surface area (Å²) in [5.41, 5.74) is 2.93. The fraction of sp³-hybridized carbons (Fsp3) is 0.217. The summed E-state index contributed by atoms with van der Waals surface area (Å²) in [5.74, 6) is -0.335. The predicted molar refractivity (Wildman–Crippen MR) is 135 cm³/mol. The molecule has 1 saturated heterocycles. The maximum Gasteiger partial charge on any atom is 0.433 e. The van der Waals surface area contributed by atoms with Crippen LogP contribution >= 0.6 is 0 Å². The molecule has 1 atom stereocenters. The van der Waals surface area contributed by atoms with Crippen LogP contribution in [0.4, 0.5) is 16.4 Å². The number of hydrogen-bond acceptors (Lipinski definition) is 10. The molecular formula is C23H23N8O7+. The van der Waals surface area contributed by atoms with E-state index in [0.29, 0.717) is 11.4 Å². The number of nitrogens with zero attached hydrogens (tertiary/aromatic N) is 6. The van der Waals surface area contributed by atoms with Crippen LogP contribution in [0, 0.1) is 10.1 Å². The van der Waals surface area contributed by atoms with Crippen LogP contribution in [0.2, 0.25) is 0 Å². The van der Waals surface area contributed by atoms with Crippen molar-refractivity contribution in [2.75, 3.05) is 33.1 Å². The number of allylic oxidation sites excluding steroid dienone is 1. The first-order valence-corrected chi connectivity index (χ1v) is 11.1. The number of ether oxygens (including phenoxy) is 1. The van der Waals surface area contributed by atoms with E-state index in [0.717, 1.165) is 4.90 Å². The number of imide groups is 1. The number of hydrazone groups is 1. The number of anilines is 1.